The zero-order chi connectivity index (χ0) is 15.0. The second-order valence-electron chi connectivity index (χ2n) is 5.04. The minimum atomic E-state index is -0.431. The highest BCUT2D eigenvalue weighted by molar-refractivity contribution is 8.00. The molecule has 114 valence electrons. The molecular weight excluding hydrogens is 278 g/mol. The third-order valence-electron chi connectivity index (χ3n) is 3.24. The summed E-state index contributed by atoms with van der Waals surface area (Å²) < 4.78 is 0. The molecule has 2 amide bonds. The molecule has 0 unspecified atom stereocenters. The van der Waals surface area contributed by atoms with Gasteiger partial charge in [-0.2, -0.15) is 0 Å². The van der Waals surface area contributed by atoms with Crippen LogP contribution >= 0.6 is 11.8 Å². The first-order valence-electron chi connectivity index (χ1n) is 6.88. The van der Waals surface area contributed by atoms with E-state index >= 15 is 0 Å². The van der Waals surface area contributed by atoms with Crippen LogP contribution in [0.4, 0.5) is 0 Å². The topological polar surface area (TPSA) is 101 Å². The van der Waals surface area contributed by atoms with Crippen molar-refractivity contribution in [2.24, 2.45) is 5.73 Å². The van der Waals surface area contributed by atoms with E-state index in [1.165, 1.54) is 18.2 Å². The highest BCUT2D eigenvalue weighted by Crippen LogP contribution is 2.19. The molecular formula is C13H23N3O3S. The number of nitrogens with one attached hydrogen (secondary N) is 2. The number of thioether (sulfide) groups is 1. The van der Waals surface area contributed by atoms with Gasteiger partial charge in [0.15, 0.2) is 0 Å². The van der Waals surface area contributed by atoms with Gasteiger partial charge in [0, 0.05) is 24.8 Å². The molecule has 0 aliphatic heterocycles. The molecule has 0 heterocycles. The third kappa shape index (κ3) is 6.91. The number of rotatable bonds is 10. The normalized spacial score (nSPS) is 16.2. The lowest BCUT2D eigenvalue weighted by Crippen LogP contribution is -2.47. The summed E-state index contributed by atoms with van der Waals surface area (Å²) >= 11 is 1.42. The molecule has 0 aromatic heterocycles. The van der Waals surface area contributed by atoms with Crippen LogP contribution in [0.5, 0.6) is 0 Å². The summed E-state index contributed by atoms with van der Waals surface area (Å²) in [7, 11) is 0. The van der Waals surface area contributed by atoms with Crippen molar-refractivity contribution >= 4 is 29.4 Å². The number of carbonyl (C=O) groups excluding carboxylic acids is 3. The lowest BCUT2D eigenvalue weighted by molar-refractivity contribution is -0.120. The molecule has 1 atom stereocenters. The predicted octanol–water partition coefficient (Wildman–Crippen LogP) is -0.189. The van der Waals surface area contributed by atoms with Crippen molar-refractivity contribution in [2.75, 3.05) is 18.1 Å². The van der Waals surface area contributed by atoms with E-state index in [-0.39, 0.29) is 36.5 Å². The molecule has 0 spiro atoms. The minimum absolute atomic E-state index is 0.110. The Kier molecular flexibility index (Phi) is 7.61. The lowest BCUT2D eigenvalue weighted by Gasteiger charge is -2.30. The SMILES string of the molecule is CC(=O)[C@H](CSCC(=O)NCCC(N)=O)NC1CCC1. The van der Waals surface area contributed by atoms with Crippen LogP contribution in [0.2, 0.25) is 0 Å². The Labute approximate surface area is 123 Å². The monoisotopic (exact) mass is 301 g/mol. The largest absolute Gasteiger partial charge is 0.370 e. The van der Waals surface area contributed by atoms with E-state index in [9.17, 15) is 14.4 Å². The van der Waals surface area contributed by atoms with Gasteiger partial charge >= 0.3 is 0 Å². The molecule has 7 heteroatoms. The average Bonchev–Trinajstić information content (AvgIpc) is 2.30. The first-order valence-corrected chi connectivity index (χ1v) is 8.03. The summed E-state index contributed by atoms with van der Waals surface area (Å²) in [6.07, 6.45) is 3.62. The van der Waals surface area contributed by atoms with Crippen LogP contribution in [0.3, 0.4) is 0 Å². The molecule has 0 aromatic carbocycles. The smallest absolute Gasteiger partial charge is 0.230 e. The number of primary amides is 1. The first kappa shape index (κ1) is 17.0. The van der Waals surface area contributed by atoms with Crippen molar-refractivity contribution in [1.29, 1.82) is 0 Å². The molecule has 0 radical (unpaired) electrons. The van der Waals surface area contributed by atoms with Crippen LogP contribution in [-0.2, 0) is 14.4 Å². The van der Waals surface area contributed by atoms with Crippen LogP contribution in [-0.4, -0.2) is 47.7 Å². The first-order chi connectivity index (χ1) is 9.49. The second-order valence-corrected chi connectivity index (χ2v) is 6.07. The number of carbonyl (C=O) groups is 3. The van der Waals surface area contributed by atoms with Crippen molar-refractivity contribution in [3.8, 4) is 0 Å². The number of Topliss-reactive ketones (excluding diaryl/α,β-unsaturated/α-hetero) is 1. The predicted molar refractivity (Wildman–Crippen MR) is 79.4 cm³/mol. The standard InChI is InChI=1S/C13H23N3O3S/c1-9(17)11(16-10-3-2-4-10)7-20-8-13(19)15-6-5-12(14)18/h10-11,16H,2-8H2,1H3,(H2,14,18)(H,15,19)/t11-/m0/s1. The molecule has 1 saturated carbocycles. The van der Waals surface area contributed by atoms with Crippen LogP contribution in [0.25, 0.3) is 0 Å². The van der Waals surface area contributed by atoms with Gasteiger partial charge in [0.05, 0.1) is 11.8 Å². The van der Waals surface area contributed by atoms with E-state index in [2.05, 4.69) is 10.6 Å². The Hall–Kier alpha value is -1.08. The van der Waals surface area contributed by atoms with Crippen molar-refractivity contribution in [3.05, 3.63) is 0 Å². The molecule has 4 N–H and O–H groups in total. The Morgan fingerprint density at radius 1 is 1.35 bits per heavy atom. The van der Waals surface area contributed by atoms with Crippen molar-refractivity contribution in [3.63, 3.8) is 0 Å². The van der Waals surface area contributed by atoms with Gasteiger partial charge in [-0.15, -0.1) is 11.8 Å². The Bertz CT molecular complexity index is 359. The fraction of sp³-hybridized carbons (Fsp3) is 0.769. The fourth-order valence-electron chi connectivity index (χ4n) is 1.79. The summed E-state index contributed by atoms with van der Waals surface area (Å²) in [6.45, 7) is 1.84. The van der Waals surface area contributed by atoms with E-state index in [4.69, 9.17) is 5.73 Å². The zero-order valence-electron chi connectivity index (χ0n) is 11.8. The molecule has 6 nitrogen and oxygen atoms in total. The maximum Gasteiger partial charge on any atom is 0.230 e. The molecule has 1 aliphatic carbocycles. The molecule has 1 rings (SSSR count). The number of hydrogen-bond acceptors (Lipinski definition) is 5. The number of hydrogen-bond donors (Lipinski definition) is 3. The Morgan fingerprint density at radius 3 is 2.55 bits per heavy atom. The second kappa shape index (κ2) is 8.97. The van der Waals surface area contributed by atoms with Crippen molar-refractivity contribution in [1.82, 2.24) is 10.6 Å². The van der Waals surface area contributed by atoms with E-state index < -0.39 is 5.91 Å². The third-order valence-corrected chi connectivity index (χ3v) is 4.28. The van der Waals surface area contributed by atoms with Gasteiger partial charge in [-0.05, 0) is 19.8 Å². The van der Waals surface area contributed by atoms with E-state index in [0.29, 0.717) is 11.8 Å². The highest BCUT2D eigenvalue weighted by Gasteiger charge is 2.23. The molecule has 20 heavy (non-hydrogen) atoms. The van der Waals surface area contributed by atoms with Gasteiger partial charge in [-0.3, -0.25) is 14.4 Å². The summed E-state index contributed by atoms with van der Waals surface area (Å²) in [5, 5.41) is 5.94. The summed E-state index contributed by atoms with van der Waals surface area (Å²) in [4.78, 5) is 33.5. The lowest BCUT2D eigenvalue weighted by atomic mass is 9.92. The van der Waals surface area contributed by atoms with Crippen molar-refractivity contribution < 1.29 is 14.4 Å². The maximum absolute atomic E-state index is 11.5. The molecule has 1 aliphatic rings. The number of nitrogens with two attached hydrogens (primary N) is 1. The van der Waals surface area contributed by atoms with Gasteiger partial charge < -0.3 is 16.4 Å². The van der Waals surface area contributed by atoms with E-state index in [1.807, 2.05) is 0 Å². The minimum Gasteiger partial charge on any atom is -0.370 e. The summed E-state index contributed by atoms with van der Waals surface area (Å²) in [6, 6.07) is 0.276. The average molecular weight is 301 g/mol. The van der Waals surface area contributed by atoms with Gasteiger partial charge in [0.25, 0.3) is 0 Å². The Balaban J connectivity index is 2.14. The number of amides is 2. The van der Waals surface area contributed by atoms with Crippen LogP contribution in [0, 0.1) is 0 Å². The number of ketones is 1. The van der Waals surface area contributed by atoms with E-state index in [1.54, 1.807) is 6.92 Å². The maximum atomic E-state index is 11.5. The van der Waals surface area contributed by atoms with Crippen LogP contribution in [0.15, 0.2) is 0 Å². The molecule has 0 saturated heterocycles. The molecule has 0 aromatic rings. The zero-order valence-corrected chi connectivity index (χ0v) is 12.6. The quantitative estimate of drug-likeness (QED) is 0.519. The van der Waals surface area contributed by atoms with Gasteiger partial charge in [0.2, 0.25) is 11.8 Å². The van der Waals surface area contributed by atoms with Gasteiger partial charge in [-0.25, -0.2) is 0 Å². The highest BCUT2D eigenvalue weighted by atomic mass is 32.2. The van der Waals surface area contributed by atoms with Gasteiger partial charge in [0.1, 0.15) is 5.78 Å². The van der Waals surface area contributed by atoms with Crippen molar-refractivity contribution in [2.45, 2.75) is 44.7 Å². The fourth-order valence-corrected chi connectivity index (χ4v) is 2.76. The molecule has 1 fully saturated rings. The molecule has 0 bridgehead atoms. The van der Waals surface area contributed by atoms with Crippen LogP contribution < -0.4 is 16.4 Å². The summed E-state index contributed by atoms with van der Waals surface area (Å²) in [5.41, 5.74) is 4.98. The summed E-state index contributed by atoms with van der Waals surface area (Å²) in [5.74, 6) is 0.421. The van der Waals surface area contributed by atoms with Gasteiger partial charge in [-0.1, -0.05) is 6.42 Å². The van der Waals surface area contributed by atoms with Crippen LogP contribution in [0.1, 0.15) is 32.6 Å². The Morgan fingerprint density at radius 2 is 2.05 bits per heavy atom. The van der Waals surface area contributed by atoms with E-state index in [0.717, 1.165) is 12.8 Å².